The van der Waals surface area contributed by atoms with E-state index in [-0.39, 0.29) is 29.9 Å². The number of carbonyl (C=O) groups is 1. The first-order valence-electron chi connectivity index (χ1n) is 5.81. The van der Waals surface area contributed by atoms with Crippen LogP contribution in [0.2, 0.25) is 0 Å². The van der Waals surface area contributed by atoms with Gasteiger partial charge in [0.25, 0.3) is 0 Å². The molecule has 0 aliphatic heterocycles. The van der Waals surface area contributed by atoms with Crippen LogP contribution in [0.1, 0.15) is 44.7 Å². The van der Waals surface area contributed by atoms with Crippen molar-refractivity contribution in [1.29, 1.82) is 0 Å². The van der Waals surface area contributed by atoms with Gasteiger partial charge in [0, 0.05) is 13.0 Å². The van der Waals surface area contributed by atoms with Crippen LogP contribution in [0.4, 0.5) is 0 Å². The monoisotopic (exact) mass is 273 g/mol. The fraction of sp³-hybridized carbons (Fsp3) is 0.462. The van der Waals surface area contributed by atoms with E-state index in [1.807, 2.05) is 0 Å². The second-order valence-corrected chi connectivity index (χ2v) is 4.07. The Morgan fingerprint density at radius 2 is 2.17 bits per heavy atom. The molecule has 1 atom stereocenters. The molecule has 0 radical (unpaired) electrons. The van der Waals surface area contributed by atoms with E-state index in [1.54, 1.807) is 18.2 Å². The third-order valence-electron chi connectivity index (χ3n) is 2.53. The molecule has 18 heavy (non-hydrogen) atoms. The Balaban J connectivity index is 0.00000289. The predicted molar refractivity (Wildman–Crippen MR) is 73.1 cm³/mol. The predicted octanol–water partition coefficient (Wildman–Crippen LogP) is 2.93. The highest BCUT2D eigenvalue weighted by Crippen LogP contribution is 2.30. The summed E-state index contributed by atoms with van der Waals surface area (Å²) in [6.07, 6.45) is 3.02. The molecule has 5 heteroatoms. The maximum Gasteiger partial charge on any atom is 0.308 e. The third kappa shape index (κ3) is 4.94. The summed E-state index contributed by atoms with van der Waals surface area (Å²) in [5, 5.41) is 9.68. The lowest BCUT2D eigenvalue weighted by atomic mass is 10.0. The lowest BCUT2D eigenvalue weighted by Gasteiger charge is -2.13. The van der Waals surface area contributed by atoms with Crippen LogP contribution >= 0.6 is 12.4 Å². The van der Waals surface area contributed by atoms with Crippen LogP contribution in [-0.4, -0.2) is 11.1 Å². The van der Waals surface area contributed by atoms with Crippen molar-refractivity contribution in [2.45, 2.75) is 39.2 Å². The van der Waals surface area contributed by atoms with Crippen molar-refractivity contribution >= 4 is 18.4 Å². The second-order valence-electron chi connectivity index (χ2n) is 4.07. The van der Waals surface area contributed by atoms with E-state index in [9.17, 15) is 9.90 Å². The molecule has 1 aromatic rings. The van der Waals surface area contributed by atoms with Gasteiger partial charge in [-0.2, -0.15) is 0 Å². The first-order chi connectivity index (χ1) is 8.04. The average Bonchev–Trinajstić information content (AvgIpc) is 2.28. The van der Waals surface area contributed by atoms with Crippen LogP contribution in [0, 0.1) is 0 Å². The van der Waals surface area contributed by atoms with Crippen molar-refractivity contribution < 1.29 is 14.6 Å². The van der Waals surface area contributed by atoms with E-state index in [4.69, 9.17) is 10.5 Å². The van der Waals surface area contributed by atoms with E-state index in [0.29, 0.717) is 0 Å². The molecule has 0 aliphatic rings. The van der Waals surface area contributed by atoms with Gasteiger partial charge in [-0.25, -0.2) is 0 Å². The Morgan fingerprint density at radius 3 is 2.67 bits per heavy atom. The van der Waals surface area contributed by atoms with E-state index in [1.165, 1.54) is 6.92 Å². The Hall–Kier alpha value is -1.26. The summed E-state index contributed by atoms with van der Waals surface area (Å²) in [6, 6.07) is 4.81. The number of hydrogen-bond acceptors (Lipinski definition) is 4. The quantitative estimate of drug-likeness (QED) is 0.639. The SMILES string of the molecule is CCCC[C@H](N)c1ccc(OC(C)=O)c(O)c1.Cl. The fourth-order valence-corrected chi connectivity index (χ4v) is 1.60. The van der Waals surface area contributed by atoms with Gasteiger partial charge in [-0.1, -0.05) is 25.8 Å². The molecule has 0 aromatic heterocycles. The summed E-state index contributed by atoms with van der Waals surface area (Å²) in [6.45, 7) is 3.40. The zero-order valence-corrected chi connectivity index (χ0v) is 11.5. The summed E-state index contributed by atoms with van der Waals surface area (Å²) < 4.78 is 4.83. The maximum absolute atomic E-state index is 10.8. The van der Waals surface area contributed by atoms with Gasteiger partial charge in [0.05, 0.1) is 0 Å². The highest BCUT2D eigenvalue weighted by atomic mass is 35.5. The number of benzene rings is 1. The van der Waals surface area contributed by atoms with Crippen molar-refractivity contribution in [3.63, 3.8) is 0 Å². The number of nitrogens with two attached hydrogens (primary N) is 1. The summed E-state index contributed by atoms with van der Waals surface area (Å²) in [4.78, 5) is 10.8. The number of carbonyl (C=O) groups excluding carboxylic acids is 1. The molecular formula is C13H20ClNO3. The van der Waals surface area contributed by atoms with Gasteiger partial charge in [0.1, 0.15) is 0 Å². The van der Waals surface area contributed by atoms with Crippen LogP contribution in [-0.2, 0) is 4.79 Å². The molecule has 1 aromatic carbocycles. The maximum atomic E-state index is 10.8. The van der Waals surface area contributed by atoms with Crippen LogP contribution in [0.25, 0.3) is 0 Å². The van der Waals surface area contributed by atoms with Crippen molar-refractivity contribution in [1.82, 2.24) is 0 Å². The molecule has 0 aliphatic carbocycles. The van der Waals surface area contributed by atoms with Gasteiger partial charge in [-0.15, -0.1) is 12.4 Å². The number of phenols is 1. The summed E-state index contributed by atoms with van der Waals surface area (Å²) in [7, 11) is 0. The van der Waals surface area contributed by atoms with Crippen LogP contribution < -0.4 is 10.5 Å². The molecule has 0 spiro atoms. The number of unbranched alkanes of at least 4 members (excludes halogenated alkanes) is 1. The first-order valence-corrected chi connectivity index (χ1v) is 5.81. The van der Waals surface area contributed by atoms with Crippen molar-refractivity contribution in [3.05, 3.63) is 23.8 Å². The highest BCUT2D eigenvalue weighted by Gasteiger charge is 2.10. The molecule has 4 nitrogen and oxygen atoms in total. The minimum absolute atomic E-state index is 0. The smallest absolute Gasteiger partial charge is 0.308 e. The molecule has 0 heterocycles. The fourth-order valence-electron chi connectivity index (χ4n) is 1.60. The zero-order valence-electron chi connectivity index (χ0n) is 10.7. The standard InChI is InChI=1S/C13H19NO3.ClH/c1-3-4-5-11(14)10-6-7-13(12(16)8-10)17-9(2)15;/h6-8,11,16H,3-5,14H2,1-2H3;1H/t11-;/m0./s1. The first kappa shape index (κ1) is 16.7. The van der Waals surface area contributed by atoms with Crippen molar-refractivity contribution in [2.75, 3.05) is 0 Å². The summed E-state index contributed by atoms with van der Waals surface area (Å²) in [5.41, 5.74) is 6.84. The van der Waals surface area contributed by atoms with Crippen LogP contribution in [0.15, 0.2) is 18.2 Å². The molecule has 0 bridgehead atoms. The number of halogens is 1. The molecule has 0 unspecified atom stereocenters. The average molecular weight is 274 g/mol. The minimum Gasteiger partial charge on any atom is -0.504 e. The number of hydrogen-bond donors (Lipinski definition) is 2. The summed E-state index contributed by atoms with van der Waals surface area (Å²) in [5.74, 6) is -0.336. The number of aromatic hydroxyl groups is 1. The molecule has 3 N–H and O–H groups in total. The van der Waals surface area contributed by atoms with Gasteiger partial charge in [0.2, 0.25) is 0 Å². The third-order valence-corrected chi connectivity index (χ3v) is 2.53. The van der Waals surface area contributed by atoms with E-state index >= 15 is 0 Å². The normalized spacial score (nSPS) is 11.5. The van der Waals surface area contributed by atoms with Crippen molar-refractivity contribution in [2.24, 2.45) is 5.73 Å². The molecule has 0 fully saturated rings. The lowest BCUT2D eigenvalue weighted by Crippen LogP contribution is -2.10. The summed E-state index contributed by atoms with van der Waals surface area (Å²) >= 11 is 0. The van der Waals surface area contributed by atoms with Crippen molar-refractivity contribution in [3.8, 4) is 11.5 Å². The van der Waals surface area contributed by atoms with E-state index < -0.39 is 5.97 Å². The molecule has 102 valence electrons. The number of esters is 1. The highest BCUT2D eigenvalue weighted by molar-refractivity contribution is 5.85. The van der Waals surface area contributed by atoms with Gasteiger partial charge in [-0.05, 0) is 24.1 Å². The largest absolute Gasteiger partial charge is 0.504 e. The van der Waals surface area contributed by atoms with Gasteiger partial charge < -0.3 is 15.6 Å². The Morgan fingerprint density at radius 1 is 1.50 bits per heavy atom. The van der Waals surface area contributed by atoms with Crippen LogP contribution in [0.5, 0.6) is 11.5 Å². The zero-order chi connectivity index (χ0) is 12.8. The molecular weight excluding hydrogens is 254 g/mol. The van der Waals surface area contributed by atoms with E-state index in [2.05, 4.69) is 6.92 Å². The Kier molecular flexibility index (Phi) is 7.39. The molecule has 1 rings (SSSR count). The lowest BCUT2D eigenvalue weighted by molar-refractivity contribution is -0.132. The Bertz CT molecular complexity index is 396. The van der Waals surface area contributed by atoms with Crippen LogP contribution in [0.3, 0.4) is 0 Å². The molecule has 0 saturated heterocycles. The second kappa shape index (κ2) is 7.95. The Labute approximate surface area is 114 Å². The van der Waals surface area contributed by atoms with Gasteiger partial charge in [-0.3, -0.25) is 4.79 Å². The topological polar surface area (TPSA) is 72.5 Å². The number of ether oxygens (including phenoxy) is 1. The number of rotatable bonds is 5. The molecule has 0 saturated carbocycles. The van der Waals surface area contributed by atoms with Gasteiger partial charge >= 0.3 is 5.97 Å². The van der Waals surface area contributed by atoms with E-state index in [0.717, 1.165) is 24.8 Å². The molecule has 0 amide bonds. The number of phenolic OH excluding ortho intramolecular Hbond substituents is 1. The van der Waals surface area contributed by atoms with Gasteiger partial charge in [0.15, 0.2) is 11.5 Å². The minimum atomic E-state index is -0.455.